The fourth-order valence-corrected chi connectivity index (χ4v) is 3.90. The van der Waals surface area contributed by atoms with Crippen LogP contribution in [-0.4, -0.2) is 15.5 Å². The molecular weight excluding hydrogens is 421 g/mol. The van der Waals surface area contributed by atoms with Crippen molar-refractivity contribution in [2.24, 2.45) is 0 Å². The molecule has 154 valence electrons. The summed E-state index contributed by atoms with van der Waals surface area (Å²) in [6.07, 6.45) is 2.77. The molecule has 7 heteroatoms. The van der Waals surface area contributed by atoms with Gasteiger partial charge in [0.1, 0.15) is 17.6 Å². The van der Waals surface area contributed by atoms with Crippen LogP contribution in [0.25, 0.3) is 11.0 Å². The van der Waals surface area contributed by atoms with Crippen molar-refractivity contribution >= 4 is 40.1 Å². The Morgan fingerprint density at radius 3 is 2.60 bits per heavy atom. The fraction of sp³-hybridized carbons (Fsp3) is 0.217. The van der Waals surface area contributed by atoms with Gasteiger partial charge in [-0.25, -0.2) is 4.98 Å². The maximum Gasteiger partial charge on any atom is 0.243 e. The number of furan rings is 1. The van der Waals surface area contributed by atoms with Crippen LogP contribution in [-0.2, 0) is 17.8 Å². The van der Waals surface area contributed by atoms with Gasteiger partial charge in [-0.1, -0.05) is 60.5 Å². The van der Waals surface area contributed by atoms with Gasteiger partial charge in [0.25, 0.3) is 0 Å². The van der Waals surface area contributed by atoms with E-state index in [0.717, 1.165) is 16.9 Å². The number of imidazole rings is 1. The van der Waals surface area contributed by atoms with Gasteiger partial charge in [0, 0.05) is 6.42 Å². The lowest BCUT2D eigenvalue weighted by atomic mass is 10.1. The van der Waals surface area contributed by atoms with E-state index in [4.69, 9.17) is 32.6 Å². The number of halogens is 2. The highest BCUT2D eigenvalue weighted by Gasteiger charge is 2.25. The Hall–Kier alpha value is -2.76. The summed E-state index contributed by atoms with van der Waals surface area (Å²) in [7, 11) is 0. The Kier molecular flexibility index (Phi) is 6.11. The molecule has 0 bridgehead atoms. The molecule has 0 aliphatic rings. The van der Waals surface area contributed by atoms with Gasteiger partial charge in [-0.15, -0.1) is 0 Å². The van der Waals surface area contributed by atoms with Gasteiger partial charge in [0.05, 0.1) is 33.9 Å². The molecule has 0 radical (unpaired) electrons. The molecule has 0 unspecified atom stereocenters. The summed E-state index contributed by atoms with van der Waals surface area (Å²) in [6.45, 7) is 2.31. The zero-order chi connectivity index (χ0) is 21.1. The molecule has 0 aliphatic carbocycles. The highest BCUT2D eigenvalue weighted by molar-refractivity contribution is 6.42. The molecule has 0 saturated heterocycles. The Morgan fingerprint density at radius 2 is 1.90 bits per heavy atom. The summed E-state index contributed by atoms with van der Waals surface area (Å²) in [4.78, 5) is 17.9. The first-order chi connectivity index (χ1) is 14.6. The molecule has 2 heterocycles. The average molecular weight is 442 g/mol. The number of amides is 1. The highest BCUT2D eigenvalue weighted by Crippen LogP contribution is 2.32. The van der Waals surface area contributed by atoms with Crippen molar-refractivity contribution in [1.82, 2.24) is 14.9 Å². The number of hydrogen-bond donors (Lipinski definition) is 1. The van der Waals surface area contributed by atoms with Crippen LogP contribution in [0.15, 0.2) is 65.3 Å². The van der Waals surface area contributed by atoms with Gasteiger partial charge < -0.3 is 14.3 Å². The lowest BCUT2D eigenvalue weighted by molar-refractivity contribution is -0.124. The van der Waals surface area contributed by atoms with E-state index >= 15 is 0 Å². The number of carbonyl (C=O) groups is 1. The number of nitrogens with one attached hydrogen (secondary N) is 1. The maximum atomic E-state index is 13.1. The van der Waals surface area contributed by atoms with E-state index < -0.39 is 6.04 Å². The number of fused-ring (bicyclic) bond motifs is 1. The summed E-state index contributed by atoms with van der Waals surface area (Å²) in [5, 5.41) is 3.84. The lowest BCUT2D eigenvalue weighted by Gasteiger charge is -2.20. The second-order valence-corrected chi connectivity index (χ2v) is 7.85. The average Bonchev–Trinajstić information content (AvgIpc) is 3.37. The molecule has 2 aromatic heterocycles. The molecule has 1 N–H and O–H groups in total. The van der Waals surface area contributed by atoms with Crippen LogP contribution < -0.4 is 5.32 Å². The van der Waals surface area contributed by atoms with Gasteiger partial charge in [0.2, 0.25) is 5.91 Å². The molecule has 0 fully saturated rings. The molecule has 4 aromatic rings. The summed E-state index contributed by atoms with van der Waals surface area (Å²) >= 11 is 12.5. The van der Waals surface area contributed by atoms with Gasteiger partial charge in [-0.05, 0) is 36.2 Å². The van der Waals surface area contributed by atoms with Crippen LogP contribution in [0.5, 0.6) is 0 Å². The number of benzene rings is 2. The highest BCUT2D eigenvalue weighted by atomic mass is 35.5. The maximum absolute atomic E-state index is 13.1. The third-order valence-electron chi connectivity index (χ3n) is 5.03. The summed E-state index contributed by atoms with van der Waals surface area (Å²) < 4.78 is 7.30. The van der Waals surface area contributed by atoms with E-state index in [2.05, 4.69) is 5.32 Å². The van der Waals surface area contributed by atoms with Crippen molar-refractivity contribution in [3.63, 3.8) is 0 Å². The second-order valence-electron chi connectivity index (χ2n) is 7.04. The third kappa shape index (κ3) is 4.23. The van der Waals surface area contributed by atoms with Crippen molar-refractivity contribution in [2.75, 3.05) is 0 Å². The lowest BCUT2D eigenvalue weighted by Crippen LogP contribution is -2.32. The number of hydrogen-bond acceptors (Lipinski definition) is 3. The number of nitrogens with zero attached hydrogens (tertiary/aromatic N) is 2. The van der Waals surface area contributed by atoms with Crippen LogP contribution in [0, 0.1) is 0 Å². The largest absolute Gasteiger partial charge is 0.467 e. The van der Waals surface area contributed by atoms with Crippen molar-refractivity contribution in [2.45, 2.75) is 32.4 Å². The summed E-state index contributed by atoms with van der Waals surface area (Å²) in [5.41, 5.74) is 2.61. The first-order valence-electron chi connectivity index (χ1n) is 9.76. The normalized spacial score (nSPS) is 12.2. The van der Waals surface area contributed by atoms with Gasteiger partial charge >= 0.3 is 0 Å². The van der Waals surface area contributed by atoms with E-state index in [1.54, 1.807) is 24.5 Å². The monoisotopic (exact) mass is 441 g/mol. The topological polar surface area (TPSA) is 60.1 Å². The zero-order valence-electron chi connectivity index (χ0n) is 16.4. The minimum Gasteiger partial charge on any atom is -0.467 e. The molecule has 5 nitrogen and oxygen atoms in total. The second kappa shape index (κ2) is 8.94. The van der Waals surface area contributed by atoms with Crippen molar-refractivity contribution < 1.29 is 9.21 Å². The molecule has 0 aliphatic heterocycles. The van der Waals surface area contributed by atoms with Crippen molar-refractivity contribution in [3.05, 3.63) is 88.1 Å². The summed E-state index contributed by atoms with van der Waals surface area (Å²) in [5.74, 6) is 1.39. The Labute approximate surface area is 184 Å². The Bertz CT molecular complexity index is 1150. The van der Waals surface area contributed by atoms with Crippen LogP contribution in [0.3, 0.4) is 0 Å². The minimum atomic E-state index is -0.444. The van der Waals surface area contributed by atoms with Gasteiger partial charge in [-0.3, -0.25) is 4.79 Å². The van der Waals surface area contributed by atoms with Gasteiger partial charge in [-0.2, -0.15) is 0 Å². The molecule has 4 rings (SSSR count). The van der Waals surface area contributed by atoms with E-state index in [-0.39, 0.29) is 5.91 Å². The van der Waals surface area contributed by atoms with Crippen molar-refractivity contribution in [1.29, 1.82) is 0 Å². The molecule has 1 atom stereocenters. The molecule has 0 saturated carbocycles. The SMILES string of the molecule is CC[C@H](C(=O)NCc1ccco1)n1c(Cc2ccccc2)nc2cc(Cl)c(Cl)cc21. The predicted molar refractivity (Wildman–Crippen MR) is 119 cm³/mol. The molecular formula is C23H21Cl2N3O2. The van der Waals surface area contributed by atoms with Crippen LogP contribution in [0.2, 0.25) is 10.0 Å². The van der Waals surface area contributed by atoms with Crippen LogP contribution in [0.4, 0.5) is 0 Å². The molecule has 2 aromatic carbocycles. The first-order valence-corrected chi connectivity index (χ1v) is 10.5. The fourth-order valence-electron chi connectivity index (χ4n) is 3.58. The number of carbonyl (C=O) groups excluding carboxylic acids is 1. The summed E-state index contributed by atoms with van der Waals surface area (Å²) in [6, 6.07) is 16.8. The quantitative estimate of drug-likeness (QED) is 0.394. The molecule has 30 heavy (non-hydrogen) atoms. The molecule has 1 amide bonds. The van der Waals surface area contributed by atoms with Crippen LogP contribution >= 0.6 is 23.2 Å². The smallest absolute Gasteiger partial charge is 0.243 e. The van der Waals surface area contributed by atoms with E-state index in [1.165, 1.54) is 0 Å². The van der Waals surface area contributed by atoms with E-state index in [1.807, 2.05) is 47.9 Å². The van der Waals surface area contributed by atoms with Gasteiger partial charge in [0.15, 0.2) is 0 Å². The minimum absolute atomic E-state index is 0.103. The first kappa shape index (κ1) is 20.5. The van der Waals surface area contributed by atoms with Crippen LogP contribution in [0.1, 0.15) is 36.5 Å². The number of rotatable bonds is 7. The Balaban J connectivity index is 1.74. The Morgan fingerprint density at radius 1 is 1.13 bits per heavy atom. The third-order valence-corrected chi connectivity index (χ3v) is 5.75. The zero-order valence-corrected chi connectivity index (χ0v) is 18.0. The number of aromatic nitrogens is 2. The molecule has 0 spiro atoms. The standard InChI is InChI=1S/C23H21Cl2N3O2/c1-2-20(23(29)26-14-16-9-6-10-30-16)28-21-13-18(25)17(24)12-19(21)27-22(28)11-15-7-4-3-5-8-15/h3-10,12-13,20H,2,11,14H2,1H3,(H,26,29)/t20-/m1/s1. The van der Waals surface area contributed by atoms with E-state index in [0.29, 0.717) is 40.7 Å². The van der Waals surface area contributed by atoms with E-state index in [9.17, 15) is 4.79 Å². The van der Waals surface area contributed by atoms with Crippen molar-refractivity contribution in [3.8, 4) is 0 Å². The predicted octanol–water partition coefficient (Wildman–Crippen LogP) is 5.79.